The summed E-state index contributed by atoms with van der Waals surface area (Å²) in [6, 6.07) is 9.99. The number of rotatable bonds is 10. The molecule has 11 heteroatoms. The van der Waals surface area contributed by atoms with E-state index in [4.69, 9.17) is 18.6 Å². The van der Waals surface area contributed by atoms with E-state index in [1.165, 1.54) is 38.6 Å². The molecule has 1 aliphatic carbocycles. The minimum absolute atomic E-state index is 0.0701. The summed E-state index contributed by atoms with van der Waals surface area (Å²) in [6.07, 6.45) is -1.92. The summed E-state index contributed by atoms with van der Waals surface area (Å²) in [5, 5.41) is 6.06. The zero-order chi connectivity index (χ0) is 25.1. The Labute approximate surface area is 199 Å². The van der Waals surface area contributed by atoms with E-state index in [1.807, 2.05) is 0 Å². The number of carbonyl (C=O) groups is 1. The molecule has 1 aromatic carbocycles. The summed E-state index contributed by atoms with van der Waals surface area (Å²) in [5.41, 5.74) is -1.09. The number of nitrogens with one attached hydrogen (secondary N) is 2. The third-order valence-corrected chi connectivity index (χ3v) is 5.57. The lowest BCUT2D eigenvalue weighted by Gasteiger charge is -2.17. The molecule has 2 heterocycles. The van der Waals surface area contributed by atoms with E-state index in [0.29, 0.717) is 36.8 Å². The highest BCUT2D eigenvalue weighted by atomic mass is 19.4. The first-order chi connectivity index (χ1) is 16.7. The predicted octanol–water partition coefficient (Wildman–Crippen LogP) is 4.44. The second-order valence-electron chi connectivity index (χ2n) is 7.99. The predicted molar refractivity (Wildman–Crippen MR) is 118 cm³/mol. The molecule has 8 nitrogen and oxygen atoms in total. The molecule has 1 aliphatic rings. The second-order valence-corrected chi connectivity index (χ2v) is 7.99. The van der Waals surface area contributed by atoms with Gasteiger partial charge in [-0.05, 0) is 49.2 Å². The molecule has 1 fully saturated rings. The van der Waals surface area contributed by atoms with E-state index in [0.717, 1.165) is 6.07 Å². The van der Waals surface area contributed by atoms with Crippen LogP contribution in [-0.4, -0.2) is 30.6 Å². The van der Waals surface area contributed by atoms with Crippen LogP contribution in [0.4, 0.5) is 13.2 Å². The number of alkyl halides is 3. The molecule has 1 saturated carbocycles. The van der Waals surface area contributed by atoms with E-state index < -0.39 is 17.3 Å². The first-order valence-corrected chi connectivity index (χ1v) is 10.8. The molecule has 0 saturated heterocycles. The van der Waals surface area contributed by atoms with Gasteiger partial charge in [0.1, 0.15) is 28.6 Å². The molecule has 0 unspecified atom stereocenters. The molecule has 2 aromatic heterocycles. The maximum Gasteiger partial charge on any atom is 0.420 e. The Bertz CT molecular complexity index is 1170. The van der Waals surface area contributed by atoms with Crippen molar-refractivity contribution in [3.63, 3.8) is 0 Å². The lowest BCUT2D eigenvalue weighted by Crippen LogP contribution is -2.45. The lowest BCUT2D eigenvalue weighted by molar-refractivity contribution is -0.138. The Morgan fingerprint density at radius 3 is 2.43 bits per heavy atom. The van der Waals surface area contributed by atoms with Crippen LogP contribution in [0.25, 0.3) is 0 Å². The van der Waals surface area contributed by atoms with Crippen molar-refractivity contribution < 1.29 is 36.6 Å². The number of methoxy groups -OCH3 is 2. The largest absolute Gasteiger partial charge is 0.497 e. The van der Waals surface area contributed by atoms with E-state index >= 15 is 0 Å². The number of aromatic nitrogens is 1. The van der Waals surface area contributed by atoms with E-state index in [2.05, 4.69) is 15.6 Å². The van der Waals surface area contributed by atoms with Gasteiger partial charge in [-0.3, -0.25) is 15.1 Å². The van der Waals surface area contributed by atoms with Gasteiger partial charge in [0, 0.05) is 6.07 Å². The standard InChI is InChI=1S/C24H24F3N3O5/c1-32-16-5-7-20(19(11-16)24(25,26)27)34-17-4-3-15(28-13-17)12-29-22(31)23(9-10-23)30-14-18-6-8-21(33-2)35-18/h3-8,11,13,30H,9-10,12,14H2,1-2H3,(H,29,31). The number of hydrogen-bond acceptors (Lipinski definition) is 7. The molecule has 1 amide bonds. The van der Waals surface area contributed by atoms with Crippen LogP contribution in [0.5, 0.6) is 23.2 Å². The number of ether oxygens (including phenoxy) is 3. The normalized spacial score (nSPS) is 14.3. The number of amides is 1. The maximum atomic E-state index is 13.4. The first-order valence-electron chi connectivity index (χ1n) is 10.8. The highest BCUT2D eigenvalue weighted by Crippen LogP contribution is 2.40. The van der Waals surface area contributed by atoms with Crippen LogP contribution < -0.4 is 24.8 Å². The molecule has 3 aromatic rings. The van der Waals surface area contributed by atoms with Gasteiger partial charge in [-0.2, -0.15) is 13.2 Å². The van der Waals surface area contributed by atoms with Crippen molar-refractivity contribution in [2.75, 3.05) is 14.2 Å². The van der Waals surface area contributed by atoms with Gasteiger partial charge in [-0.1, -0.05) is 0 Å². The number of benzene rings is 1. The third-order valence-electron chi connectivity index (χ3n) is 5.57. The first kappa shape index (κ1) is 24.4. The lowest BCUT2D eigenvalue weighted by atomic mass is 10.2. The van der Waals surface area contributed by atoms with Crippen LogP contribution in [0.1, 0.15) is 29.9 Å². The molecular formula is C24H24F3N3O5. The number of halogens is 3. The Balaban J connectivity index is 1.32. The molecule has 186 valence electrons. The Hall–Kier alpha value is -3.73. The average Bonchev–Trinajstić information content (AvgIpc) is 3.51. The molecule has 0 aliphatic heterocycles. The zero-order valence-electron chi connectivity index (χ0n) is 19.1. The Morgan fingerprint density at radius 1 is 1.06 bits per heavy atom. The molecule has 2 N–H and O–H groups in total. The van der Waals surface area contributed by atoms with Crippen LogP contribution in [0.3, 0.4) is 0 Å². The van der Waals surface area contributed by atoms with Crippen molar-refractivity contribution in [1.82, 2.24) is 15.6 Å². The Morgan fingerprint density at radius 2 is 1.83 bits per heavy atom. The molecule has 0 bridgehead atoms. The van der Waals surface area contributed by atoms with Crippen molar-refractivity contribution in [3.8, 4) is 23.2 Å². The van der Waals surface area contributed by atoms with E-state index in [9.17, 15) is 18.0 Å². The number of carbonyl (C=O) groups excluding carboxylic acids is 1. The number of pyridine rings is 1. The van der Waals surface area contributed by atoms with Crippen molar-refractivity contribution in [3.05, 3.63) is 65.7 Å². The molecule has 4 rings (SSSR count). The zero-order valence-corrected chi connectivity index (χ0v) is 19.1. The SMILES string of the molecule is COc1ccc(Oc2ccc(CNC(=O)C3(NCc4ccc(OC)o4)CC3)nc2)c(C(F)(F)F)c1. The quantitative estimate of drug-likeness (QED) is 0.433. The summed E-state index contributed by atoms with van der Waals surface area (Å²) >= 11 is 0. The van der Waals surface area contributed by atoms with Crippen LogP contribution in [0, 0.1) is 0 Å². The summed E-state index contributed by atoms with van der Waals surface area (Å²) in [6.45, 7) is 0.541. The van der Waals surface area contributed by atoms with Gasteiger partial charge in [0.2, 0.25) is 5.91 Å². The number of furan rings is 1. The minimum Gasteiger partial charge on any atom is -0.497 e. The summed E-state index contributed by atoms with van der Waals surface area (Å²) in [4.78, 5) is 16.9. The Kier molecular flexibility index (Phi) is 6.88. The highest BCUT2D eigenvalue weighted by molar-refractivity contribution is 5.89. The molecule has 0 radical (unpaired) electrons. The average molecular weight is 491 g/mol. The number of hydrogen-bond donors (Lipinski definition) is 2. The molecule has 35 heavy (non-hydrogen) atoms. The van der Waals surface area contributed by atoms with Crippen molar-refractivity contribution >= 4 is 5.91 Å². The van der Waals surface area contributed by atoms with Crippen molar-refractivity contribution in [2.24, 2.45) is 0 Å². The van der Waals surface area contributed by atoms with E-state index in [-0.39, 0.29) is 29.7 Å². The van der Waals surface area contributed by atoms with Gasteiger partial charge in [0.15, 0.2) is 0 Å². The van der Waals surface area contributed by atoms with Crippen LogP contribution in [-0.2, 0) is 24.1 Å². The van der Waals surface area contributed by atoms with Crippen molar-refractivity contribution in [1.29, 1.82) is 0 Å². The van der Waals surface area contributed by atoms with E-state index in [1.54, 1.807) is 18.2 Å². The topological polar surface area (TPSA) is 94.9 Å². The van der Waals surface area contributed by atoms with Crippen LogP contribution in [0.2, 0.25) is 0 Å². The van der Waals surface area contributed by atoms with Gasteiger partial charge in [0.25, 0.3) is 5.95 Å². The summed E-state index contributed by atoms with van der Waals surface area (Å²) < 4.78 is 60.8. The van der Waals surface area contributed by atoms with Gasteiger partial charge >= 0.3 is 6.18 Å². The smallest absolute Gasteiger partial charge is 0.420 e. The van der Waals surface area contributed by atoms with Gasteiger partial charge in [-0.15, -0.1) is 0 Å². The fraction of sp³-hybridized carbons (Fsp3) is 0.333. The number of nitrogens with zero attached hydrogens (tertiary/aromatic N) is 1. The third kappa shape index (κ3) is 5.86. The van der Waals surface area contributed by atoms with Crippen LogP contribution >= 0.6 is 0 Å². The highest BCUT2D eigenvalue weighted by Gasteiger charge is 2.49. The fourth-order valence-electron chi connectivity index (χ4n) is 3.42. The van der Waals surface area contributed by atoms with Gasteiger partial charge in [-0.25, -0.2) is 0 Å². The van der Waals surface area contributed by atoms with Gasteiger partial charge in [0.05, 0.1) is 44.7 Å². The minimum atomic E-state index is -4.61. The monoisotopic (exact) mass is 491 g/mol. The summed E-state index contributed by atoms with van der Waals surface area (Å²) in [7, 11) is 2.80. The summed E-state index contributed by atoms with van der Waals surface area (Å²) in [5.74, 6) is 0.730. The van der Waals surface area contributed by atoms with Crippen LogP contribution in [0.15, 0.2) is 53.1 Å². The van der Waals surface area contributed by atoms with Gasteiger partial charge < -0.3 is 23.9 Å². The molecular weight excluding hydrogens is 467 g/mol. The van der Waals surface area contributed by atoms with Crippen molar-refractivity contribution in [2.45, 2.75) is 37.6 Å². The fourth-order valence-corrected chi connectivity index (χ4v) is 3.42. The molecule has 0 spiro atoms. The maximum absolute atomic E-state index is 13.4. The second kappa shape index (κ2) is 9.87. The molecule has 0 atom stereocenters.